The summed E-state index contributed by atoms with van der Waals surface area (Å²) in [6.07, 6.45) is 0.119. The summed E-state index contributed by atoms with van der Waals surface area (Å²) in [4.78, 5) is 31.3. The van der Waals surface area contributed by atoms with Crippen LogP contribution in [0.2, 0.25) is 0 Å². The number of hydrogen-bond acceptors (Lipinski definition) is 5. The Morgan fingerprint density at radius 1 is 1.21 bits per heavy atom. The molecule has 0 saturated carbocycles. The Kier molecular flexibility index (Phi) is 6.04. The first kappa shape index (κ1) is 19.9. The van der Waals surface area contributed by atoms with Crippen LogP contribution in [-0.4, -0.2) is 41.3 Å². The minimum Gasteiger partial charge on any atom is -0.495 e. The van der Waals surface area contributed by atoms with Crippen molar-refractivity contribution < 1.29 is 14.3 Å². The van der Waals surface area contributed by atoms with Crippen molar-refractivity contribution in [1.82, 2.24) is 4.90 Å². The van der Waals surface area contributed by atoms with Crippen molar-refractivity contribution in [3.63, 3.8) is 0 Å². The lowest BCUT2D eigenvalue weighted by atomic mass is 10.1. The number of nitrogens with one attached hydrogen (secondary N) is 1. The zero-order valence-corrected chi connectivity index (χ0v) is 17.2. The average Bonchev–Trinajstić information content (AvgIpc) is 2.68. The van der Waals surface area contributed by atoms with Crippen LogP contribution in [0.3, 0.4) is 0 Å². The number of para-hydroxylation sites is 2. The molecule has 146 valence electrons. The van der Waals surface area contributed by atoms with Crippen molar-refractivity contribution in [2.75, 3.05) is 19.5 Å². The number of amides is 2. The standard InChI is InChI=1S/C21H23N3O3S/c1-13-9-10-15(11-14(13)2)22-21-24(3)19(25)12-18(28-21)20(26)23-16-7-5-6-8-17(16)27-4/h5-11,18H,12H2,1-4H3,(H,23,26)/t18-/m0/s1. The number of rotatable bonds is 4. The highest BCUT2D eigenvalue weighted by Gasteiger charge is 2.34. The summed E-state index contributed by atoms with van der Waals surface area (Å²) in [5.41, 5.74) is 3.64. The first-order valence-electron chi connectivity index (χ1n) is 8.92. The molecule has 1 fully saturated rings. The summed E-state index contributed by atoms with van der Waals surface area (Å²) >= 11 is 1.29. The van der Waals surface area contributed by atoms with Crippen LogP contribution in [-0.2, 0) is 9.59 Å². The van der Waals surface area contributed by atoms with E-state index in [1.807, 2.05) is 44.2 Å². The van der Waals surface area contributed by atoms with Gasteiger partial charge in [0.1, 0.15) is 11.0 Å². The van der Waals surface area contributed by atoms with E-state index in [1.165, 1.54) is 22.2 Å². The van der Waals surface area contributed by atoms with Gasteiger partial charge in [-0.05, 0) is 49.2 Å². The normalized spacial score (nSPS) is 18.3. The van der Waals surface area contributed by atoms with Gasteiger partial charge >= 0.3 is 0 Å². The van der Waals surface area contributed by atoms with Crippen LogP contribution >= 0.6 is 11.8 Å². The summed E-state index contributed by atoms with van der Waals surface area (Å²) in [6, 6.07) is 13.1. The Labute approximate surface area is 169 Å². The van der Waals surface area contributed by atoms with Gasteiger partial charge < -0.3 is 10.1 Å². The molecular formula is C21H23N3O3S. The molecule has 1 N–H and O–H groups in total. The molecule has 6 nitrogen and oxygen atoms in total. The molecule has 1 heterocycles. The van der Waals surface area contributed by atoms with Gasteiger partial charge in [0.05, 0.1) is 18.5 Å². The van der Waals surface area contributed by atoms with Crippen molar-refractivity contribution in [2.45, 2.75) is 25.5 Å². The fraction of sp³-hybridized carbons (Fsp3) is 0.286. The zero-order valence-electron chi connectivity index (χ0n) is 16.4. The van der Waals surface area contributed by atoms with Crippen molar-refractivity contribution >= 4 is 40.1 Å². The summed E-state index contributed by atoms with van der Waals surface area (Å²) in [5, 5.41) is 2.81. The van der Waals surface area contributed by atoms with E-state index >= 15 is 0 Å². The number of amidine groups is 1. The predicted octanol–water partition coefficient (Wildman–Crippen LogP) is 3.90. The molecule has 0 aliphatic carbocycles. The van der Waals surface area contributed by atoms with Gasteiger partial charge in [-0.15, -0.1) is 0 Å². The molecule has 7 heteroatoms. The largest absolute Gasteiger partial charge is 0.495 e. The number of carbonyl (C=O) groups is 2. The highest BCUT2D eigenvalue weighted by Crippen LogP contribution is 2.31. The third-order valence-electron chi connectivity index (χ3n) is 4.64. The van der Waals surface area contributed by atoms with E-state index in [0.717, 1.165) is 11.3 Å². The maximum Gasteiger partial charge on any atom is 0.238 e. The fourth-order valence-corrected chi connectivity index (χ4v) is 3.83. The molecule has 2 amide bonds. The summed E-state index contributed by atoms with van der Waals surface area (Å²) in [6.45, 7) is 4.06. The van der Waals surface area contributed by atoms with E-state index < -0.39 is 5.25 Å². The molecule has 3 rings (SSSR count). The minimum absolute atomic E-state index is 0.119. The molecule has 1 atom stereocenters. The molecule has 1 saturated heterocycles. The van der Waals surface area contributed by atoms with Crippen LogP contribution in [0.15, 0.2) is 47.5 Å². The first-order chi connectivity index (χ1) is 13.4. The summed E-state index contributed by atoms with van der Waals surface area (Å²) < 4.78 is 5.27. The van der Waals surface area contributed by atoms with Crippen LogP contribution in [0.25, 0.3) is 0 Å². The molecule has 1 aliphatic rings. The number of carbonyl (C=O) groups excluding carboxylic acids is 2. The van der Waals surface area contributed by atoms with E-state index in [0.29, 0.717) is 16.6 Å². The Balaban J connectivity index is 1.81. The van der Waals surface area contributed by atoms with Crippen molar-refractivity contribution in [2.24, 2.45) is 4.99 Å². The van der Waals surface area contributed by atoms with Crippen LogP contribution in [0.1, 0.15) is 17.5 Å². The highest BCUT2D eigenvalue weighted by atomic mass is 32.2. The second kappa shape index (κ2) is 8.48. The smallest absolute Gasteiger partial charge is 0.238 e. The number of anilines is 1. The maximum atomic E-state index is 12.8. The number of nitrogens with zero attached hydrogens (tertiary/aromatic N) is 2. The molecule has 0 bridgehead atoms. The number of aryl methyl sites for hydroxylation is 2. The predicted molar refractivity (Wildman–Crippen MR) is 113 cm³/mol. The van der Waals surface area contributed by atoms with E-state index in [-0.39, 0.29) is 18.2 Å². The van der Waals surface area contributed by atoms with Crippen LogP contribution < -0.4 is 10.1 Å². The third-order valence-corrected chi connectivity index (χ3v) is 5.88. The van der Waals surface area contributed by atoms with Gasteiger partial charge in [-0.2, -0.15) is 0 Å². The highest BCUT2D eigenvalue weighted by molar-refractivity contribution is 8.15. The fourth-order valence-electron chi connectivity index (χ4n) is 2.76. The Morgan fingerprint density at radius 3 is 2.68 bits per heavy atom. The van der Waals surface area contributed by atoms with Crippen molar-refractivity contribution in [3.8, 4) is 5.75 Å². The Hall–Kier alpha value is -2.80. The van der Waals surface area contributed by atoms with E-state index in [9.17, 15) is 9.59 Å². The number of aliphatic imine (C=N–C) groups is 1. The van der Waals surface area contributed by atoms with Gasteiger partial charge in [-0.25, -0.2) is 4.99 Å². The summed E-state index contributed by atoms with van der Waals surface area (Å²) in [7, 11) is 3.23. The molecule has 0 spiro atoms. The van der Waals surface area contributed by atoms with Gasteiger partial charge in [0.2, 0.25) is 11.8 Å². The van der Waals surface area contributed by atoms with E-state index in [2.05, 4.69) is 10.3 Å². The maximum absolute atomic E-state index is 12.8. The van der Waals surface area contributed by atoms with Crippen molar-refractivity contribution in [3.05, 3.63) is 53.6 Å². The molecule has 0 unspecified atom stereocenters. The van der Waals surface area contributed by atoms with Gasteiger partial charge in [0.15, 0.2) is 5.17 Å². The van der Waals surface area contributed by atoms with Crippen LogP contribution in [0.4, 0.5) is 11.4 Å². The second-order valence-electron chi connectivity index (χ2n) is 6.62. The molecular weight excluding hydrogens is 374 g/mol. The van der Waals surface area contributed by atoms with Crippen molar-refractivity contribution in [1.29, 1.82) is 0 Å². The monoisotopic (exact) mass is 397 g/mol. The second-order valence-corrected chi connectivity index (χ2v) is 7.79. The lowest BCUT2D eigenvalue weighted by Gasteiger charge is -2.29. The average molecular weight is 398 g/mol. The van der Waals surface area contributed by atoms with Gasteiger partial charge in [-0.1, -0.05) is 30.0 Å². The quantitative estimate of drug-likeness (QED) is 0.849. The van der Waals surface area contributed by atoms with Gasteiger partial charge in [0.25, 0.3) is 0 Å². The molecule has 1 aliphatic heterocycles. The summed E-state index contributed by atoms with van der Waals surface area (Å²) in [5.74, 6) is 0.189. The number of hydrogen-bond donors (Lipinski definition) is 1. The number of thioether (sulfide) groups is 1. The number of methoxy groups -OCH3 is 1. The SMILES string of the molecule is COc1ccccc1NC(=O)[C@@H]1CC(=O)N(C)C(=Nc2ccc(C)c(C)c2)S1. The van der Waals surface area contributed by atoms with Gasteiger partial charge in [-0.3, -0.25) is 14.5 Å². The lowest BCUT2D eigenvalue weighted by molar-refractivity contribution is -0.128. The lowest BCUT2D eigenvalue weighted by Crippen LogP contribution is -2.43. The zero-order chi connectivity index (χ0) is 20.3. The topological polar surface area (TPSA) is 71.0 Å². The van der Waals surface area contributed by atoms with Gasteiger partial charge in [0, 0.05) is 13.5 Å². The minimum atomic E-state index is -0.557. The van der Waals surface area contributed by atoms with Crippen LogP contribution in [0, 0.1) is 13.8 Å². The third kappa shape index (κ3) is 4.36. The number of ether oxygens (including phenoxy) is 1. The molecule has 2 aromatic carbocycles. The first-order valence-corrected chi connectivity index (χ1v) is 9.80. The Morgan fingerprint density at radius 2 is 1.96 bits per heavy atom. The van der Waals surface area contributed by atoms with Crippen LogP contribution in [0.5, 0.6) is 5.75 Å². The van der Waals surface area contributed by atoms with E-state index in [4.69, 9.17) is 4.74 Å². The molecule has 28 heavy (non-hydrogen) atoms. The van der Waals surface area contributed by atoms with E-state index in [1.54, 1.807) is 26.3 Å². The number of benzene rings is 2. The molecule has 2 aromatic rings. The Bertz CT molecular complexity index is 942. The molecule has 0 aromatic heterocycles. The molecule has 0 radical (unpaired) electrons.